The van der Waals surface area contributed by atoms with Crippen molar-refractivity contribution >= 4 is 43.1 Å². The molecular formula is C78H50. The molecule has 2 aliphatic carbocycles. The van der Waals surface area contributed by atoms with Crippen LogP contribution in [0, 0.1) is 0 Å². The minimum Gasteiger partial charge on any atom is -0.0619 e. The Kier molecular flexibility index (Phi) is 9.87. The standard InChI is InChI=1S/C78H50/c1-5-24-63-55(18-1)48-56-19-2-6-25-64(56)75(63)52-38-44-60(45-39-52)77(71-32-13-9-28-67(71)68-29-10-14-33-72(68)77)59-42-36-51(37-43-59)54-22-17-23-62(50-54)78(73-34-15-11-30-69(73)70-31-12-16-35-74(70)78)61-46-40-53(41-47-61)76-65-26-7-3-20-57(65)49-58-21-4-8-27-66(58)76/h1-50H. The van der Waals surface area contributed by atoms with Crippen molar-refractivity contribution in [3.05, 3.63) is 348 Å². The van der Waals surface area contributed by atoms with E-state index in [1.807, 2.05) is 0 Å². The van der Waals surface area contributed by atoms with Gasteiger partial charge in [0.05, 0.1) is 10.8 Å². The minimum absolute atomic E-state index is 0.543. The fourth-order valence-electron chi connectivity index (χ4n) is 14.3. The molecular weight excluding hydrogens is 937 g/mol. The van der Waals surface area contributed by atoms with Crippen LogP contribution in [0.2, 0.25) is 0 Å². The van der Waals surface area contributed by atoms with Gasteiger partial charge in [0.2, 0.25) is 0 Å². The Morgan fingerprint density at radius 1 is 0.179 bits per heavy atom. The molecule has 16 rings (SSSR count). The van der Waals surface area contributed by atoms with E-state index in [-0.39, 0.29) is 0 Å². The molecule has 0 N–H and O–H groups in total. The van der Waals surface area contributed by atoms with E-state index in [2.05, 4.69) is 303 Å². The van der Waals surface area contributed by atoms with Crippen LogP contribution in [0.5, 0.6) is 0 Å². The Hall–Kier alpha value is -9.88. The highest BCUT2D eigenvalue weighted by atomic mass is 14.5. The molecule has 0 amide bonds. The summed E-state index contributed by atoms with van der Waals surface area (Å²) in [6.45, 7) is 0. The van der Waals surface area contributed by atoms with Crippen molar-refractivity contribution in [1.29, 1.82) is 0 Å². The lowest BCUT2D eigenvalue weighted by Crippen LogP contribution is -2.28. The number of fused-ring (bicyclic) bond motifs is 10. The minimum atomic E-state index is -0.561. The lowest BCUT2D eigenvalue weighted by Gasteiger charge is -2.35. The van der Waals surface area contributed by atoms with Crippen LogP contribution in [0.3, 0.4) is 0 Å². The van der Waals surface area contributed by atoms with E-state index in [4.69, 9.17) is 0 Å². The van der Waals surface area contributed by atoms with Gasteiger partial charge in [-0.25, -0.2) is 0 Å². The van der Waals surface area contributed by atoms with Gasteiger partial charge in [0, 0.05) is 0 Å². The van der Waals surface area contributed by atoms with Gasteiger partial charge in [-0.3, -0.25) is 0 Å². The second kappa shape index (κ2) is 17.3. The highest BCUT2D eigenvalue weighted by Crippen LogP contribution is 2.58. The molecule has 2 aliphatic rings. The van der Waals surface area contributed by atoms with Gasteiger partial charge < -0.3 is 0 Å². The van der Waals surface area contributed by atoms with Gasteiger partial charge in [-0.1, -0.05) is 285 Å². The highest BCUT2D eigenvalue weighted by Gasteiger charge is 2.47. The SMILES string of the molecule is c1cc(-c2ccc(C3(c4ccc(-c5c6ccccc6cc6ccccc56)cc4)c4ccccc4-c4ccccc43)cc2)cc(C2(c3ccc(-c4c5ccccc5cc5ccccc45)cc3)c3ccccc3-c3ccccc32)c1. The zero-order valence-corrected chi connectivity index (χ0v) is 42.9. The average Bonchev–Trinajstić information content (AvgIpc) is 4.18. The third kappa shape index (κ3) is 6.35. The van der Waals surface area contributed by atoms with Gasteiger partial charge in [-0.15, -0.1) is 0 Å². The molecule has 0 saturated heterocycles. The van der Waals surface area contributed by atoms with Crippen molar-refractivity contribution in [2.75, 3.05) is 0 Å². The summed E-state index contributed by atoms with van der Waals surface area (Å²) < 4.78 is 0. The molecule has 0 radical (unpaired) electrons. The number of hydrogen-bond acceptors (Lipinski definition) is 0. The van der Waals surface area contributed by atoms with Crippen LogP contribution in [0.1, 0.15) is 44.5 Å². The third-order valence-electron chi connectivity index (χ3n) is 17.6. The monoisotopic (exact) mass is 986 g/mol. The van der Waals surface area contributed by atoms with Crippen molar-refractivity contribution in [2.24, 2.45) is 0 Å². The van der Waals surface area contributed by atoms with E-state index >= 15 is 0 Å². The van der Waals surface area contributed by atoms with Crippen LogP contribution in [-0.2, 0) is 10.8 Å². The second-order valence-electron chi connectivity index (χ2n) is 21.4. The second-order valence-corrected chi connectivity index (χ2v) is 21.4. The van der Waals surface area contributed by atoms with Gasteiger partial charge in [0.25, 0.3) is 0 Å². The molecule has 0 saturated carbocycles. The van der Waals surface area contributed by atoms with Crippen LogP contribution in [-0.4, -0.2) is 0 Å². The first-order valence-electron chi connectivity index (χ1n) is 27.3. The molecule has 0 spiro atoms. The molecule has 0 fully saturated rings. The number of hydrogen-bond donors (Lipinski definition) is 0. The third-order valence-corrected chi connectivity index (χ3v) is 17.6. The molecule has 0 heterocycles. The van der Waals surface area contributed by atoms with Crippen molar-refractivity contribution in [2.45, 2.75) is 10.8 Å². The van der Waals surface area contributed by atoms with Crippen LogP contribution in [0.4, 0.5) is 0 Å². The molecule has 362 valence electrons. The summed E-state index contributed by atoms with van der Waals surface area (Å²) in [6.07, 6.45) is 0. The summed E-state index contributed by atoms with van der Waals surface area (Å²) in [6, 6.07) is 114. The maximum atomic E-state index is 2.46. The molecule has 78 heavy (non-hydrogen) atoms. The number of benzene rings is 14. The molecule has 0 aliphatic heterocycles. The fraction of sp³-hybridized carbons (Fsp3) is 0.0256. The summed E-state index contributed by atoms with van der Waals surface area (Å²) in [5.41, 5.74) is 21.6. The largest absolute Gasteiger partial charge is 0.0713 e. The summed E-state index contributed by atoms with van der Waals surface area (Å²) in [4.78, 5) is 0. The first-order chi connectivity index (χ1) is 38.7. The normalized spacial score (nSPS) is 13.6. The topological polar surface area (TPSA) is 0 Å². The molecule has 14 aromatic carbocycles. The average molecular weight is 987 g/mol. The lowest BCUT2D eigenvalue weighted by atomic mass is 9.67. The molecule has 0 heteroatoms. The predicted molar refractivity (Wildman–Crippen MR) is 327 cm³/mol. The molecule has 0 aromatic heterocycles. The Balaban J connectivity index is 0.844. The van der Waals surface area contributed by atoms with E-state index < -0.39 is 10.8 Å². The smallest absolute Gasteiger partial charge is 0.0619 e. The Morgan fingerprint density at radius 3 is 0.833 bits per heavy atom. The van der Waals surface area contributed by atoms with E-state index in [1.165, 1.54) is 143 Å². The van der Waals surface area contributed by atoms with Crippen LogP contribution < -0.4 is 0 Å². The Morgan fingerprint density at radius 2 is 0.474 bits per heavy atom. The molecule has 0 bridgehead atoms. The maximum absolute atomic E-state index is 2.46. The quantitative estimate of drug-likeness (QED) is 0.140. The first-order valence-corrected chi connectivity index (χ1v) is 27.3. The van der Waals surface area contributed by atoms with Gasteiger partial charge in [-0.2, -0.15) is 0 Å². The first kappa shape index (κ1) is 44.4. The van der Waals surface area contributed by atoms with E-state index in [9.17, 15) is 0 Å². The van der Waals surface area contributed by atoms with Gasteiger partial charge in [0.15, 0.2) is 0 Å². The van der Waals surface area contributed by atoms with Gasteiger partial charge in [-0.05, 0) is 161 Å². The summed E-state index contributed by atoms with van der Waals surface area (Å²) in [7, 11) is 0. The van der Waals surface area contributed by atoms with E-state index in [0.717, 1.165) is 0 Å². The lowest BCUT2D eigenvalue weighted by molar-refractivity contribution is 0.768. The van der Waals surface area contributed by atoms with Crippen molar-refractivity contribution in [3.8, 4) is 55.6 Å². The van der Waals surface area contributed by atoms with Crippen LogP contribution in [0.25, 0.3) is 98.7 Å². The van der Waals surface area contributed by atoms with Crippen molar-refractivity contribution in [3.63, 3.8) is 0 Å². The zero-order valence-electron chi connectivity index (χ0n) is 42.9. The van der Waals surface area contributed by atoms with E-state index in [1.54, 1.807) is 0 Å². The predicted octanol–water partition coefficient (Wildman–Crippen LogP) is 20.0. The molecule has 0 nitrogen and oxygen atoms in total. The Labute approximate surface area is 454 Å². The van der Waals surface area contributed by atoms with Gasteiger partial charge >= 0.3 is 0 Å². The summed E-state index contributed by atoms with van der Waals surface area (Å²) in [5.74, 6) is 0. The maximum Gasteiger partial charge on any atom is 0.0713 e. The molecule has 0 unspecified atom stereocenters. The number of rotatable bonds is 7. The van der Waals surface area contributed by atoms with E-state index in [0.29, 0.717) is 0 Å². The van der Waals surface area contributed by atoms with Crippen LogP contribution in [0.15, 0.2) is 303 Å². The molecule has 14 aromatic rings. The zero-order chi connectivity index (χ0) is 51.4. The van der Waals surface area contributed by atoms with Crippen molar-refractivity contribution in [1.82, 2.24) is 0 Å². The van der Waals surface area contributed by atoms with Gasteiger partial charge in [0.1, 0.15) is 0 Å². The van der Waals surface area contributed by atoms with Crippen molar-refractivity contribution < 1.29 is 0 Å². The molecule has 0 atom stereocenters. The van der Waals surface area contributed by atoms with Crippen LogP contribution >= 0.6 is 0 Å². The highest BCUT2D eigenvalue weighted by molar-refractivity contribution is 6.14. The summed E-state index contributed by atoms with van der Waals surface area (Å²) >= 11 is 0. The summed E-state index contributed by atoms with van der Waals surface area (Å²) in [5, 5.41) is 10.1. The Bertz CT molecular complexity index is 4510. The fourth-order valence-corrected chi connectivity index (χ4v) is 14.3.